The number of rotatable bonds is 2. The highest BCUT2D eigenvalue weighted by Gasteiger charge is 2.43. The van der Waals surface area contributed by atoms with E-state index in [0.717, 1.165) is 55.4 Å². The van der Waals surface area contributed by atoms with Crippen molar-refractivity contribution >= 4 is 23.2 Å². The Kier molecular flexibility index (Phi) is 4.00. The summed E-state index contributed by atoms with van der Waals surface area (Å²) in [5.41, 5.74) is 1.28. The van der Waals surface area contributed by atoms with E-state index >= 15 is 0 Å². The van der Waals surface area contributed by atoms with Gasteiger partial charge in [-0.2, -0.15) is 0 Å². The predicted molar refractivity (Wildman–Crippen MR) is 95.5 cm³/mol. The molecule has 0 bridgehead atoms. The van der Waals surface area contributed by atoms with E-state index in [1.165, 1.54) is 17.8 Å². The Morgan fingerprint density at radius 1 is 1.21 bits per heavy atom. The van der Waals surface area contributed by atoms with Gasteiger partial charge in [-0.3, -0.25) is 4.79 Å². The zero-order chi connectivity index (χ0) is 16.6. The fourth-order valence-corrected chi connectivity index (χ4v) is 4.62. The molecule has 126 valence electrons. The minimum atomic E-state index is 0.189. The Hall–Kier alpha value is -1.95. The molecule has 4 heterocycles. The zero-order valence-corrected chi connectivity index (χ0v) is 14.8. The maximum Gasteiger partial charge on any atom is 0.263 e. The SMILES string of the molecule is Cc1cnc(N2CCC3(CCCN(C(=O)c4cccs4)C3)C2)nc1. The summed E-state index contributed by atoms with van der Waals surface area (Å²) >= 11 is 1.53. The van der Waals surface area contributed by atoms with Gasteiger partial charge in [-0.05, 0) is 43.2 Å². The molecule has 0 radical (unpaired) electrons. The molecule has 24 heavy (non-hydrogen) atoms. The predicted octanol–water partition coefficient (Wildman–Crippen LogP) is 2.98. The van der Waals surface area contributed by atoms with Gasteiger partial charge in [0.2, 0.25) is 5.95 Å². The average Bonchev–Trinajstić information content (AvgIpc) is 3.26. The lowest BCUT2D eigenvalue weighted by atomic mass is 9.79. The summed E-state index contributed by atoms with van der Waals surface area (Å²) in [6.07, 6.45) is 7.13. The molecule has 0 aliphatic carbocycles. The lowest BCUT2D eigenvalue weighted by Crippen LogP contribution is -2.47. The summed E-state index contributed by atoms with van der Waals surface area (Å²) in [6.45, 7) is 5.66. The highest BCUT2D eigenvalue weighted by molar-refractivity contribution is 7.12. The first-order chi connectivity index (χ1) is 11.7. The molecule has 4 rings (SSSR count). The number of thiophene rings is 1. The number of hydrogen-bond acceptors (Lipinski definition) is 5. The maximum atomic E-state index is 12.7. The van der Waals surface area contributed by atoms with Gasteiger partial charge in [0.15, 0.2) is 0 Å². The summed E-state index contributed by atoms with van der Waals surface area (Å²) < 4.78 is 0. The molecular formula is C18H22N4OS. The molecule has 1 unspecified atom stereocenters. The quantitative estimate of drug-likeness (QED) is 0.842. The van der Waals surface area contributed by atoms with Gasteiger partial charge < -0.3 is 9.80 Å². The lowest BCUT2D eigenvalue weighted by molar-refractivity contribution is 0.0561. The summed E-state index contributed by atoms with van der Waals surface area (Å²) in [7, 11) is 0. The molecule has 2 fully saturated rings. The number of anilines is 1. The summed E-state index contributed by atoms with van der Waals surface area (Å²) in [6, 6.07) is 3.87. The van der Waals surface area contributed by atoms with E-state index in [1.807, 2.05) is 36.8 Å². The molecule has 2 aliphatic rings. The van der Waals surface area contributed by atoms with Gasteiger partial charge in [0, 0.05) is 44.0 Å². The van der Waals surface area contributed by atoms with Gasteiger partial charge in [0.1, 0.15) is 0 Å². The molecule has 1 spiro atoms. The second-order valence-corrected chi connectivity index (χ2v) is 7.99. The van der Waals surface area contributed by atoms with E-state index < -0.39 is 0 Å². The molecule has 0 N–H and O–H groups in total. The van der Waals surface area contributed by atoms with Crippen LogP contribution in [0.4, 0.5) is 5.95 Å². The van der Waals surface area contributed by atoms with E-state index in [2.05, 4.69) is 19.8 Å². The summed E-state index contributed by atoms with van der Waals surface area (Å²) in [5, 5.41) is 1.97. The number of nitrogens with zero attached hydrogens (tertiary/aromatic N) is 4. The van der Waals surface area contributed by atoms with Crippen LogP contribution in [0.1, 0.15) is 34.5 Å². The zero-order valence-electron chi connectivity index (χ0n) is 13.9. The maximum absolute atomic E-state index is 12.7. The van der Waals surface area contributed by atoms with Crippen LogP contribution in [-0.2, 0) is 0 Å². The van der Waals surface area contributed by atoms with Crippen molar-refractivity contribution in [3.63, 3.8) is 0 Å². The molecule has 0 saturated carbocycles. The number of carbonyl (C=O) groups excluding carboxylic acids is 1. The summed E-state index contributed by atoms with van der Waals surface area (Å²) in [5.74, 6) is 1.01. The van der Waals surface area contributed by atoms with Crippen LogP contribution in [0.2, 0.25) is 0 Å². The Morgan fingerprint density at radius 3 is 2.79 bits per heavy atom. The monoisotopic (exact) mass is 342 g/mol. The minimum absolute atomic E-state index is 0.189. The number of aromatic nitrogens is 2. The van der Waals surface area contributed by atoms with Crippen LogP contribution in [0.5, 0.6) is 0 Å². The summed E-state index contributed by atoms with van der Waals surface area (Å²) in [4.78, 5) is 26.8. The van der Waals surface area contributed by atoms with Gasteiger partial charge >= 0.3 is 0 Å². The largest absolute Gasteiger partial charge is 0.340 e. The minimum Gasteiger partial charge on any atom is -0.340 e. The van der Waals surface area contributed by atoms with Crippen molar-refractivity contribution in [2.24, 2.45) is 5.41 Å². The van der Waals surface area contributed by atoms with Crippen molar-refractivity contribution in [2.45, 2.75) is 26.2 Å². The van der Waals surface area contributed by atoms with E-state index in [9.17, 15) is 4.79 Å². The normalized spacial score (nSPS) is 23.9. The van der Waals surface area contributed by atoms with Crippen LogP contribution in [0, 0.1) is 12.3 Å². The molecule has 5 nitrogen and oxygen atoms in total. The Labute approximate surface area is 146 Å². The number of amides is 1. The molecular weight excluding hydrogens is 320 g/mol. The molecule has 0 aromatic carbocycles. The number of carbonyl (C=O) groups is 1. The molecule has 2 aromatic heterocycles. The van der Waals surface area contributed by atoms with Crippen molar-refractivity contribution in [1.29, 1.82) is 0 Å². The third-order valence-corrected chi connectivity index (χ3v) is 6.03. The van der Waals surface area contributed by atoms with Crippen LogP contribution >= 0.6 is 11.3 Å². The second kappa shape index (κ2) is 6.16. The van der Waals surface area contributed by atoms with Crippen LogP contribution in [0.3, 0.4) is 0 Å². The van der Waals surface area contributed by atoms with Crippen LogP contribution in [0.15, 0.2) is 29.9 Å². The second-order valence-electron chi connectivity index (χ2n) is 7.04. The van der Waals surface area contributed by atoms with Gasteiger partial charge in [0.25, 0.3) is 5.91 Å². The van der Waals surface area contributed by atoms with E-state index in [4.69, 9.17) is 0 Å². The molecule has 2 saturated heterocycles. The fourth-order valence-electron chi connectivity index (χ4n) is 3.93. The van der Waals surface area contributed by atoms with E-state index in [-0.39, 0.29) is 11.3 Å². The Balaban J connectivity index is 1.47. The molecule has 2 aliphatic heterocycles. The van der Waals surface area contributed by atoms with E-state index in [0.29, 0.717) is 0 Å². The molecule has 6 heteroatoms. The lowest BCUT2D eigenvalue weighted by Gasteiger charge is -2.40. The van der Waals surface area contributed by atoms with Crippen LogP contribution < -0.4 is 4.90 Å². The van der Waals surface area contributed by atoms with Gasteiger partial charge in [0.05, 0.1) is 4.88 Å². The van der Waals surface area contributed by atoms with Crippen molar-refractivity contribution < 1.29 is 4.79 Å². The highest BCUT2D eigenvalue weighted by Crippen LogP contribution is 2.40. The van der Waals surface area contributed by atoms with Crippen LogP contribution in [-0.4, -0.2) is 47.0 Å². The smallest absolute Gasteiger partial charge is 0.263 e. The molecule has 1 amide bonds. The number of aryl methyl sites for hydroxylation is 1. The van der Waals surface area contributed by atoms with Gasteiger partial charge in [-0.15, -0.1) is 11.3 Å². The molecule has 1 atom stereocenters. The fraction of sp³-hybridized carbons (Fsp3) is 0.500. The first-order valence-electron chi connectivity index (χ1n) is 8.52. The average molecular weight is 342 g/mol. The van der Waals surface area contributed by atoms with Crippen molar-refractivity contribution in [3.05, 3.63) is 40.3 Å². The highest BCUT2D eigenvalue weighted by atomic mass is 32.1. The van der Waals surface area contributed by atoms with Crippen molar-refractivity contribution in [3.8, 4) is 0 Å². The number of hydrogen-bond donors (Lipinski definition) is 0. The van der Waals surface area contributed by atoms with Crippen LogP contribution in [0.25, 0.3) is 0 Å². The number of piperidine rings is 1. The Morgan fingerprint density at radius 2 is 2.04 bits per heavy atom. The Bertz CT molecular complexity index is 715. The third kappa shape index (κ3) is 2.90. The first kappa shape index (κ1) is 15.6. The first-order valence-corrected chi connectivity index (χ1v) is 9.40. The van der Waals surface area contributed by atoms with Gasteiger partial charge in [-0.1, -0.05) is 6.07 Å². The van der Waals surface area contributed by atoms with Gasteiger partial charge in [-0.25, -0.2) is 9.97 Å². The standard InChI is InChI=1S/C18H22N4OS/c1-14-10-19-17(20-11-14)22-8-6-18(13-22)5-3-7-21(12-18)16(23)15-4-2-9-24-15/h2,4,9-11H,3,5-8,12-13H2,1H3. The van der Waals surface area contributed by atoms with Crippen molar-refractivity contribution in [2.75, 3.05) is 31.1 Å². The third-order valence-electron chi connectivity index (χ3n) is 5.17. The van der Waals surface area contributed by atoms with E-state index in [1.54, 1.807) is 0 Å². The topological polar surface area (TPSA) is 49.3 Å². The number of likely N-dealkylation sites (tertiary alicyclic amines) is 1. The molecule has 2 aromatic rings. The van der Waals surface area contributed by atoms with Crippen molar-refractivity contribution in [1.82, 2.24) is 14.9 Å².